The van der Waals surface area contributed by atoms with Crippen LogP contribution in [-0.4, -0.2) is 45.0 Å². The lowest BCUT2D eigenvalue weighted by atomic mass is 9.98. The number of carbonyl (C=O) groups excluding carboxylic acids is 1. The second-order valence-corrected chi connectivity index (χ2v) is 9.86. The summed E-state index contributed by atoms with van der Waals surface area (Å²) in [5.74, 6) is 1.73. The zero-order chi connectivity index (χ0) is 22.4. The van der Waals surface area contributed by atoms with Gasteiger partial charge in [-0.05, 0) is 63.1 Å². The summed E-state index contributed by atoms with van der Waals surface area (Å²) in [5.41, 5.74) is 4.48. The number of piperidine rings is 1. The fourth-order valence-electron chi connectivity index (χ4n) is 5.06. The molecule has 2 fully saturated rings. The maximum atomic E-state index is 13.4. The van der Waals surface area contributed by atoms with Crippen LogP contribution in [0.4, 0.5) is 5.82 Å². The van der Waals surface area contributed by atoms with Crippen LogP contribution in [0.2, 0.25) is 5.02 Å². The van der Waals surface area contributed by atoms with E-state index in [1.807, 2.05) is 34.5 Å². The quantitative estimate of drug-likeness (QED) is 0.548. The Bertz CT molecular complexity index is 1170. The molecule has 0 saturated carbocycles. The SMILES string of the molecule is Cc1ccc(C(=O)N2CCCC[C@H]2c2cc3nc(N4CC[C@H](C)C4)c(C)cn3n2)c(Cl)c1. The minimum Gasteiger partial charge on any atom is -0.356 e. The Hall–Kier alpha value is -2.60. The van der Waals surface area contributed by atoms with Crippen molar-refractivity contribution in [2.75, 3.05) is 24.5 Å². The van der Waals surface area contributed by atoms with E-state index in [1.165, 1.54) is 6.42 Å². The van der Waals surface area contributed by atoms with E-state index in [9.17, 15) is 4.79 Å². The van der Waals surface area contributed by atoms with Crippen LogP contribution < -0.4 is 4.90 Å². The number of aryl methyl sites for hydroxylation is 2. The van der Waals surface area contributed by atoms with Crippen LogP contribution >= 0.6 is 11.6 Å². The molecule has 6 nitrogen and oxygen atoms in total. The smallest absolute Gasteiger partial charge is 0.255 e. The molecule has 3 aromatic rings. The van der Waals surface area contributed by atoms with Crippen LogP contribution in [0.15, 0.2) is 30.5 Å². The standard InChI is InChI=1S/C25H30ClN5O/c1-16-7-8-19(20(26)12-16)25(32)30-10-5-4-6-22(30)21-13-23-27-24(18(3)15-31(23)28-21)29-11-9-17(2)14-29/h7-8,12-13,15,17,22H,4-6,9-11,14H2,1-3H3/t17-,22-/m0/s1. The van der Waals surface area contributed by atoms with E-state index in [2.05, 4.69) is 31.0 Å². The summed E-state index contributed by atoms with van der Waals surface area (Å²) in [7, 11) is 0. The molecule has 0 bridgehead atoms. The number of amides is 1. The summed E-state index contributed by atoms with van der Waals surface area (Å²) < 4.78 is 1.86. The first-order valence-corrected chi connectivity index (χ1v) is 12.0. The third-order valence-corrected chi connectivity index (χ3v) is 7.12. The van der Waals surface area contributed by atoms with Crippen molar-refractivity contribution >= 4 is 29.0 Å². The van der Waals surface area contributed by atoms with Crippen molar-refractivity contribution in [2.45, 2.75) is 52.5 Å². The molecule has 1 aromatic carbocycles. The number of halogens is 1. The molecule has 7 heteroatoms. The van der Waals surface area contributed by atoms with Gasteiger partial charge in [0.2, 0.25) is 0 Å². The fraction of sp³-hybridized carbons (Fsp3) is 0.480. The highest BCUT2D eigenvalue weighted by Gasteiger charge is 2.32. The molecule has 1 amide bonds. The van der Waals surface area contributed by atoms with Gasteiger partial charge < -0.3 is 9.80 Å². The summed E-state index contributed by atoms with van der Waals surface area (Å²) in [6, 6.07) is 7.62. The minimum absolute atomic E-state index is 0.0207. The van der Waals surface area contributed by atoms with E-state index in [-0.39, 0.29) is 11.9 Å². The molecule has 2 aliphatic rings. The molecule has 0 unspecified atom stereocenters. The molecule has 2 aromatic heterocycles. The molecule has 2 saturated heterocycles. The van der Waals surface area contributed by atoms with E-state index >= 15 is 0 Å². The lowest BCUT2D eigenvalue weighted by molar-refractivity contribution is 0.0606. The van der Waals surface area contributed by atoms with Gasteiger partial charge in [-0.2, -0.15) is 5.10 Å². The van der Waals surface area contributed by atoms with Crippen molar-refractivity contribution in [3.63, 3.8) is 0 Å². The Morgan fingerprint density at radius 1 is 1.12 bits per heavy atom. The zero-order valence-electron chi connectivity index (χ0n) is 19.0. The monoisotopic (exact) mass is 451 g/mol. The number of likely N-dealkylation sites (tertiary alicyclic amines) is 1. The maximum absolute atomic E-state index is 13.4. The lowest BCUT2D eigenvalue weighted by Crippen LogP contribution is -2.38. The molecular weight excluding hydrogens is 422 g/mol. The van der Waals surface area contributed by atoms with Crippen LogP contribution in [0.1, 0.15) is 65.8 Å². The van der Waals surface area contributed by atoms with Gasteiger partial charge in [-0.3, -0.25) is 4.79 Å². The van der Waals surface area contributed by atoms with Crippen molar-refractivity contribution in [1.82, 2.24) is 19.5 Å². The second-order valence-electron chi connectivity index (χ2n) is 9.45. The maximum Gasteiger partial charge on any atom is 0.255 e. The predicted octanol–water partition coefficient (Wildman–Crippen LogP) is 5.21. The van der Waals surface area contributed by atoms with Crippen molar-refractivity contribution in [3.05, 3.63) is 57.9 Å². The Morgan fingerprint density at radius 3 is 2.72 bits per heavy atom. The summed E-state index contributed by atoms with van der Waals surface area (Å²) in [4.78, 5) is 22.7. The number of hydrogen-bond donors (Lipinski definition) is 0. The predicted molar refractivity (Wildman–Crippen MR) is 128 cm³/mol. The summed E-state index contributed by atoms with van der Waals surface area (Å²) in [5, 5.41) is 5.36. The molecule has 2 aliphatic heterocycles. The molecule has 0 radical (unpaired) electrons. The molecule has 0 aliphatic carbocycles. The molecule has 4 heterocycles. The summed E-state index contributed by atoms with van der Waals surface area (Å²) in [6.45, 7) is 9.18. The molecule has 168 valence electrons. The van der Waals surface area contributed by atoms with Gasteiger partial charge in [0.25, 0.3) is 5.91 Å². The molecule has 5 rings (SSSR count). The first kappa shape index (κ1) is 21.3. The average molecular weight is 452 g/mol. The van der Waals surface area contributed by atoms with Crippen molar-refractivity contribution in [1.29, 1.82) is 0 Å². The number of fused-ring (bicyclic) bond motifs is 1. The number of hydrogen-bond acceptors (Lipinski definition) is 4. The summed E-state index contributed by atoms with van der Waals surface area (Å²) in [6.07, 6.45) is 6.24. The first-order chi connectivity index (χ1) is 15.4. The molecule has 0 N–H and O–H groups in total. The average Bonchev–Trinajstić information content (AvgIpc) is 3.38. The number of nitrogens with zero attached hydrogens (tertiary/aromatic N) is 5. The highest BCUT2D eigenvalue weighted by atomic mass is 35.5. The Balaban J connectivity index is 1.47. The Morgan fingerprint density at radius 2 is 1.97 bits per heavy atom. The van der Waals surface area contributed by atoms with E-state index < -0.39 is 0 Å². The van der Waals surface area contributed by atoms with Crippen LogP contribution in [0, 0.1) is 19.8 Å². The van der Waals surface area contributed by atoms with Crippen LogP contribution in [0.5, 0.6) is 0 Å². The number of rotatable bonds is 3. The van der Waals surface area contributed by atoms with Gasteiger partial charge in [-0.1, -0.05) is 24.6 Å². The molecular formula is C25H30ClN5O. The number of benzene rings is 1. The van der Waals surface area contributed by atoms with E-state index in [4.69, 9.17) is 21.7 Å². The third kappa shape index (κ3) is 3.85. The van der Waals surface area contributed by atoms with E-state index in [0.717, 1.165) is 60.6 Å². The van der Waals surface area contributed by atoms with Crippen LogP contribution in [0.3, 0.4) is 0 Å². The van der Waals surface area contributed by atoms with Crippen molar-refractivity contribution in [3.8, 4) is 0 Å². The Labute approximate surface area is 194 Å². The van der Waals surface area contributed by atoms with Gasteiger partial charge in [0, 0.05) is 37.5 Å². The van der Waals surface area contributed by atoms with Gasteiger partial charge in [-0.15, -0.1) is 0 Å². The molecule has 2 atom stereocenters. The topological polar surface area (TPSA) is 53.7 Å². The van der Waals surface area contributed by atoms with Gasteiger partial charge >= 0.3 is 0 Å². The van der Waals surface area contributed by atoms with Crippen molar-refractivity contribution < 1.29 is 4.79 Å². The van der Waals surface area contributed by atoms with Gasteiger partial charge in [0.1, 0.15) is 5.82 Å². The Kier molecular flexibility index (Phi) is 5.58. The second kappa shape index (κ2) is 8.39. The normalized spacial score (nSPS) is 21.5. The van der Waals surface area contributed by atoms with Crippen LogP contribution in [-0.2, 0) is 0 Å². The lowest BCUT2D eigenvalue weighted by Gasteiger charge is -2.35. The fourth-order valence-corrected chi connectivity index (χ4v) is 5.38. The van der Waals surface area contributed by atoms with Crippen molar-refractivity contribution in [2.24, 2.45) is 5.92 Å². The number of aromatic nitrogens is 3. The summed E-state index contributed by atoms with van der Waals surface area (Å²) >= 11 is 6.43. The first-order valence-electron chi connectivity index (χ1n) is 11.6. The zero-order valence-corrected chi connectivity index (χ0v) is 19.8. The van der Waals surface area contributed by atoms with Gasteiger partial charge in [-0.25, -0.2) is 9.50 Å². The highest BCUT2D eigenvalue weighted by molar-refractivity contribution is 6.33. The highest BCUT2D eigenvalue weighted by Crippen LogP contribution is 2.34. The number of carbonyl (C=O) groups is 1. The number of anilines is 1. The largest absolute Gasteiger partial charge is 0.356 e. The third-order valence-electron chi connectivity index (χ3n) is 6.81. The van der Waals surface area contributed by atoms with E-state index in [0.29, 0.717) is 23.0 Å². The van der Waals surface area contributed by atoms with E-state index in [1.54, 1.807) is 0 Å². The minimum atomic E-state index is -0.0640. The molecule has 32 heavy (non-hydrogen) atoms. The van der Waals surface area contributed by atoms with Crippen LogP contribution in [0.25, 0.3) is 5.65 Å². The van der Waals surface area contributed by atoms with Gasteiger partial charge in [0.15, 0.2) is 5.65 Å². The van der Waals surface area contributed by atoms with Gasteiger partial charge in [0.05, 0.1) is 22.3 Å². The molecule has 0 spiro atoms.